The Morgan fingerprint density at radius 1 is 1.30 bits per heavy atom. The number of ether oxygens (including phenoxy) is 1. The number of carbonyl (C=O) groups is 3. The molecule has 0 N–H and O–H groups in total. The summed E-state index contributed by atoms with van der Waals surface area (Å²) in [4.78, 5) is 35.0. The standard InChI is InChI=1S/C13H15NO4.C2H6/c1-3-5-12(16)14(9-15)11-7-4-6-10(8-11)13(17)18-2;1-2/h4,6-9H,3,5H2,1-2H3;1-2H3. The molecule has 0 aromatic heterocycles. The lowest BCUT2D eigenvalue weighted by Crippen LogP contribution is -2.29. The number of esters is 1. The van der Waals surface area contributed by atoms with E-state index in [0.29, 0.717) is 24.1 Å². The van der Waals surface area contributed by atoms with Crippen molar-refractivity contribution in [1.29, 1.82) is 0 Å². The van der Waals surface area contributed by atoms with E-state index < -0.39 is 5.97 Å². The number of methoxy groups -OCH3 is 1. The summed E-state index contributed by atoms with van der Waals surface area (Å²) in [6, 6.07) is 6.20. The summed E-state index contributed by atoms with van der Waals surface area (Å²) in [5.41, 5.74) is 0.664. The van der Waals surface area contributed by atoms with Crippen molar-refractivity contribution in [2.75, 3.05) is 12.0 Å². The molecule has 0 atom stereocenters. The van der Waals surface area contributed by atoms with E-state index in [4.69, 9.17) is 0 Å². The van der Waals surface area contributed by atoms with Crippen LogP contribution in [0.2, 0.25) is 0 Å². The van der Waals surface area contributed by atoms with Gasteiger partial charge >= 0.3 is 5.97 Å². The second-order valence-corrected chi connectivity index (χ2v) is 3.66. The number of benzene rings is 1. The van der Waals surface area contributed by atoms with Gasteiger partial charge in [0.2, 0.25) is 12.3 Å². The molecule has 2 amide bonds. The zero-order chi connectivity index (χ0) is 15.5. The number of carbonyl (C=O) groups excluding carboxylic acids is 3. The molecule has 0 spiro atoms. The maximum absolute atomic E-state index is 11.7. The van der Waals surface area contributed by atoms with E-state index >= 15 is 0 Å². The number of amides is 2. The van der Waals surface area contributed by atoms with Crippen molar-refractivity contribution in [2.24, 2.45) is 0 Å². The molecule has 20 heavy (non-hydrogen) atoms. The van der Waals surface area contributed by atoms with Crippen LogP contribution in [0, 0.1) is 0 Å². The lowest BCUT2D eigenvalue weighted by Gasteiger charge is -2.15. The molecule has 0 saturated heterocycles. The van der Waals surface area contributed by atoms with Gasteiger partial charge in [0.1, 0.15) is 0 Å². The minimum absolute atomic E-state index is 0.279. The molecule has 0 unspecified atom stereocenters. The van der Waals surface area contributed by atoms with Crippen LogP contribution in [0.25, 0.3) is 0 Å². The van der Waals surface area contributed by atoms with Gasteiger partial charge in [-0.3, -0.25) is 14.5 Å². The molecule has 5 nitrogen and oxygen atoms in total. The quantitative estimate of drug-likeness (QED) is 0.614. The molecule has 110 valence electrons. The Kier molecular flexibility index (Phi) is 8.67. The molecule has 0 fully saturated rings. The summed E-state index contributed by atoms with van der Waals surface area (Å²) < 4.78 is 4.58. The van der Waals surface area contributed by atoms with E-state index in [0.717, 1.165) is 4.90 Å². The molecule has 0 saturated carbocycles. The molecule has 5 heteroatoms. The van der Waals surface area contributed by atoms with Gasteiger partial charge in [-0.1, -0.05) is 26.8 Å². The van der Waals surface area contributed by atoms with Gasteiger partial charge in [-0.05, 0) is 24.6 Å². The van der Waals surface area contributed by atoms with Gasteiger partial charge in [-0.25, -0.2) is 4.79 Å². The van der Waals surface area contributed by atoms with Crippen LogP contribution in [0.4, 0.5) is 5.69 Å². The first-order valence-electron chi connectivity index (χ1n) is 6.59. The maximum atomic E-state index is 11.7. The third-order valence-corrected chi connectivity index (χ3v) is 2.38. The van der Waals surface area contributed by atoms with Crippen molar-refractivity contribution < 1.29 is 19.1 Å². The smallest absolute Gasteiger partial charge is 0.337 e. The van der Waals surface area contributed by atoms with Crippen LogP contribution in [0.1, 0.15) is 44.0 Å². The van der Waals surface area contributed by atoms with Crippen molar-refractivity contribution >= 4 is 24.0 Å². The molecule has 0 bridgehead atoms. The number of nitrogens with zero attached hydrogens (tertiary/aromatic N) is 1. The first-order chi connectivity index (χ1) is 9.63. The van der Waals surface area contributed by atoms with Crippen LogP contribution in [-0.2, 0) is 14.3 Å². The number of hydrogen-bond acceptors (Lipinski definition) is 4. The molecule has 1 rings (SSSR count). The number of hydrogen-bond donors (Lipinski definition) is 0. The van der Waals surface area contributed by atoms with E-state index in [-0.39, 0.29) is 12.3 Å². The Morgan fingerprint density at radius 2 is 1.95 bits per heavy atom. The fraction of sp³-hybridized carbons (Fsp3) is 0.400. The highest BCUT2D eigenvalue weighted by molar-refractivity contribution is 6.07. The molecular formula is C15H21NO4. The third kappa shape index (κ3) is 4.84. The Hall–Kier alpha value is -2.17. The highest BCUT2D eigenvalue weighted by Crippen LogP contribution is 2.17. The van der Waals surface area contributed by atoms with Crippen molar-refractivity contribution in [1.82, 2.24) is 0 Å². The van der Waals surface area contributed by atoms with E-state index in [2.05, 4.69) is 4.74 Å². The van der Waals surface area contributed by atoms with Gasteiger partial charge < -0.3 is 4.74 Å². The summed E-state index contributed by atoms with van der Waals surface area (Å²) in [5.74, 6) is -0.805. The summed E-state index contributed by atoms with van der Waals surface area (Å²) in [5, 5.41) is 0. The fourth-order valence-corrected chi connectivity index (χ4v) is 1.50. The predicted molar refractivity (Wildman–Crippen MR) is 77.6 cm³/mol. The van der Waals surface area contributed by atoms with Gasteiger partial charge in [0.15, 0.2) is 0 Å². The van der Waals surface area contributed by atoms with Gasteiger partial charge in [-0.15, -0.1) is 0 Å². The first-order valence-corrected chi connectivity index (χ1v) is 6.59. The molecule has 1 aromatic rings. The normalized spacial score (nSPS) is 9.00. The van der Waals surface area contributed by atoms with E-state index in [1.807, 2.05) is 20.8 Å². The van der Waals surface area contributed by atoms with Gasteiger partial charge in [0.25, 0.3) is 0 Å². The first kappa shape index (κ1) is 17.8. The predicted octanol–water partition coefficient (Wildman–Crippen LogP) is 2.79. The Balaban J connectivity index is 0.00000172. The summed E-state index contributed by atoms with van der Waals surface area (Å²) in [6.07, 6.45) is 1.38. The Labute approximate surface area is 119 Å². The van der Waals surface area contributed by atoms with Crippen molar-refractivity contribution in [3.8, 4) is 0 Å². The lowest BCUT2D eigenvalue weighted by atomic mass is 10.2. The van der Waals surface area contributed by atoms with Crippen LogP contribution in [-0.4, -0.2) is 25.4 Å². The van der Waals surface area contributed by atoms with Crippen molar-refractivity contribution in [3.05, 3.63) is 29.8 Å². The van der Waals surface area contributed by atoms with Crippen molar-refractivity contribution in [3.63, 3.8) is 0 Å². The zero-order valence-electron chi connectivity index (χ0n) is 12.4. The summed E-state index contributed by atoms with van der Waals surface area (Å²) in [7, 11) is 1.27. The third-order valence-electron chi connectivity index (χ3n) is 2.38. The SMILES string of the molecule is CC.CCCC(=O)N(C=O)c1cccc(C(=O)OC)c1. The highest BCUT2D eigenvalue weighted by Gasteiger charge is 2.15. The van der Waals surface area contributed by atoms with Crippen LogP contribution >= 0.6 is 0 Å². The topological polar surface area (TPSA) is 63.7 Å². The van der Waals surface area contributed by atoms with E-state index in [1.54, 1.807) is 18.2 Å². The number of imide groups is 1. The monoisotopic (exact) mass is 279 g/mol. The molecule has 0 heterocycles. The molecule has 0 aliphatic carbocycles. The summed E-state index contributed by atoms with van der Waals surface area (Å²) in [6.45, 7) is 5.85. The maximum Gasteiger partial charge on any atom is 0.337 e. The minimum atomic E-state index is -0.509. The van der Waals surface area contributed by atoms with Crippen LogP contribution < -0.4 is 4.90 Å². The Bertz CT molecular complexity index is 457. The fourth-order valence-electron chi connectivity index (χ4n) is 1.50. The highest BCUT2D eigenvalue weighted by atomic mass is 16.5. The van der Waals surface area contributed by atoms with E-state index in [9.17, 15) is 14.4 Å². The Morgan fingerprint density at radius 3 is 2.45 bits per heavy atom. The average molecular weight is 279 g/mol. The molecule has 0 aliphatic heterocycles. The molecular weight excluding hydrogens is 258 g/mol. The van der Waals surface area contributed by atoms with Crippen LogP contribution in [0.5, 0.6) is 0 Å². The second-order valence-electron chi connectivity index (χ2n) is 3.66. The minimum Gasteiger partial charge on any atom is -0.465 e. The largest absolute Gasteiger partial charge is 0.465 e. The number of rotatable bonds is 5. The second kappa shape index (κ2) is 9.72. The van der Waals surface area contributed by atoms with E-state index in [1.165, 1.54) is 13.2 Å². The van der Waals surface area contributed by atoms with Crippen LogP contribution in [0.15, 0.2) is 24.3 Å². The number of anilines is 1. The van der Waals surface area contributed by atoms with Crippen LogP contribution in [0.3, 0.4) is 0 Å². The molecule has 0 aliphatic rings. The van der Waals surface area contributed by atoms with Gasteiger partial charge in [-0.2, -0.15) is 0 Å². The molecule has 0 radical (unpaired) electrons. The van der Waals surface area contributed by atoms with Gasteiger partial charge in [0.05, 0.1) is 18.4 Å². The summed E-state index contributed by atoms with van der Waals surface area (Å²) >= 11 is 0. The average Bonchev–Trinajstić information content (AvgIpc) is 2.50. The van der Waals surface area contributed by atoms with Gasteiger partial charge in [0, 0.05) is 6.42 Å². The zero-order valence-corrected chi connectivity index (χ0v) is 12.4. The molecule has 1 aromatic carbocycles. The lowest BCUT2D eigenvalue weighted by molar-refractivity contribution is -0.121. The van der Waals surface area contributed by atoms with Crippen molar-refractivity contribution in [2.45, 2.75) is 33.6 Å².